The van der Waals surface area contributed by atoms with Gasteiger partial charge in [0.1, 0.15) is 23.2 Å². The normalized spacial score (nSPS) is 16.2. The summed E-state index contributed by atoms with van der Waals surface area (Å²) >= 11 is 6.19. The topological polar surface area (TPSA) is 121 Å². The number of nitrogens with zero attached hydrogens (tertiary/aromatic N) is 2. The summed E-state index contributed by atoms with van der Waals surface area (Å²) in [5.74, 6) is -1.04. The fourth-order valence-electron chi connectivity index (χ4n) is 3.44. The first kappa shape index (κ1) is 25.9. The number of hydrogen-bond donors (Lipinski definition) is 1. The molecular formula is C26H25ClN2O6. The summed E-state index contributed by atoms with van der Waals surface area (Å²) in [4.78, 5) is 38.7. The molecule has 1 atom stereocenters. The Morgan fingerprint density at radius 2 is 1.94 bits per heavy atom. The van der Waals surface area contributed by atoms with Crippen molar-refractivity contribution < 1.29 is 28.6 Å². The maximum absolute atomic E-state index is 13.0. The molecule has 0 saturated carbocycles. The first-order chi connectivity index (χ1) is 16.5. The minimum absolute atomic E-state index is 0.108. The third-order valence-corrected chi connectivity index (χ3v) is 5.53. The van der Waals surface area contributed by atoms with Crippen LogP contribution < -0.4 is 0 Å². The molecule has 0 bridgehead atoms. The summed E-state index contributed by atoms with van der Waals surface area (Å²) in [6.07, 6.45) is 0.484. The predicted molar refractivity (Wildman–Crippen MR) is 129 cm³/mol. The van der Waals surface area contributed by atoms with Crippen molar-refractivity contribution in [1.29, 1.82) is 5.26 Å². The van der Waals surface area contributed by atoms with Crippen molar-refractivity contribution in [2.45, 2.75) is 33.8 Å². The predicted octanol–water partition coefficient (Wildman–Crippen LogP) is 4.39. The van der Waals surface area contributed by atoms with Gasteiger partial charge in [0.25, 0.3) is 11.8 Å². The molecular weight excluding hydrogens is 472 g/mol. The van der Waals surface area contributed by atoms with E-state index in [1.807, 2.05) is 19.9 Å². The number of furan rings is 1. The van der Waals surface area contributed by atoms with Crippen molar-refractivity contribution in [2.75, 3.05) is 13.2 Å². The third-order valence-electron chi connectivity index (χ3n) is 5.20. The van der Waals surface area contributed by atoms with Crippen LogP contribution in [0, 0.1) is 17.2 Å². The van der Waals surface area contributed by atoms with Crippen molar-refractivity contribution in [2.24, 2.45) is 5.92 Å². The number of carbonyl (C=O) groups is 3. The Balaban J connectivity index is 1.96. The van der Waals surface area contributed by atoms with Crippen LogP contribution in [0.25, 0.3) is 17.4 Å². The molecule has 0 spiro atoms. The minimum Gasteiger partial charge on any atom is -0.462 e. The monoisotopic (exact) mass is 496 g/mol. The summed E-state index contributed by atoms with van der Waals surface area (Å²) in [6, 6.07) is 9.94. The van der Waals surface area contributed by atoms with E-state index in [9.17, 15) is 24.8 Å². The Kier molecular flexibility index (Phi) is 7.95. The van der Waals surface area contributed by atoms with Gasteiger partial charge in [0.05, 0.1) is 29.8 Å². The molecule has 3 rings (SSSR count). The van der Waals surface area contributed by atoms with Crippen molar-refractivity contribution in [3.8, 4) is 17.4 Å². The van der Waals surface area contributed by atoms with Crippen LogP contribution in [0.2, 0.25) is 5.02 Å². The molecule has 2 aromatic rings. The van der Waals surface area contributed by atoms with E-state index in [1.165, 1.54) is 19.9 Å². The number of nitriles is 1. The lowest BCUT2D eigenvalue weighted by molar-refractivity contribution is -0.141. The van der Waals surface area contributed by atoms with Crippen LogP contribution in [-0.2, 0) is 14.3 Å². The Hall–Kier alpha value is -3.67. The maximum Gasteiger partial charge on any atom is 0.339 e. The van der Waals surface area contributed by atoms with Gasteiger partial charge in [-0.15, -0.1) is 0 Å². The largest absolute Gasteiger partial charge is 0.462 e. The number of esters is 1. The van der Waals surface area contributed by atoms with E-state index >= 15 is 0 Å². The van der Waals surface area contributed by atoms with E-state index < -0.39 is 23.9 Å². The second-order valence-corrected chi connectivity index (χ2v) is 9.04. The number of aliphatic hydroxyl groups is 1. The Bertz CT molecular complexity index is 1280. The summed E-state index contributed by atoms with van der Waals surface area (Å²) in [6.45, 7) is 6.83. The number of ether oxygens (including phenoxy) is 1. The number of benzene rings is 1. The van der Waals surface area contributed by atoms with Crippen LogP contribution in [-0.4, -0.2) is 47.0 Å². The maximum atomic E-state index is 13.0. The van der Waals surface area contributed by atoms with Crippen LogP contribution in [0.1, 0.15) is 43.8 Å². The van der Waals surface area contributed by atoms with E-state index in [4.69, 9.17) is 20.8 Å². The van der Waals surface area contributed by atoms with Gasteiger partial charge < -0.3 is 14.3 Å². The van der Waals surface area contributed by atoms with Gasteiger partial charge in [0.2, 0.25) is 0 Å². The lowest BCUT2D eigenvalue weighted by atomic mass is 9.94. The zero-order valence-corrected chi connectivity index (χ0v) is 20.5. The second-order valence-electron chi connectivity index (χ2n) is 8.63. The van der Waals surface area contributed by atoms with Crippen LogP contribution in [0.15, 0.2) is 51.5 Å². The molecule has 182 valence electrons. The second kappa shape index (κ2) is 10.7. The molecule has 1 unspecified atom stereocenters. The van der Waals surface area contributed by atoms with E-state index in [1.54, 1.807) is 30.3 Å². The average molecular weight is 497 g/mol. The van der Waals surface area contributed by atoms with Crippen LogP contribution in [0.4, 0.5) is 0 Å². The number of β-amino-alcohol motifs (C(OH)–C–C–N with tert-alkyl or cyclic N) is 1. The molecule has 8 nitrogen and oxygen atoms in total. The molecule has 1 aliphatic heterocycles. The smallest absolute Gasteiger partial charge is 0.339 e. The fraction of sp³-hybridized carbons (Fsp3) is 0.308. The molecule has 35 heavy (non-hydrogen) atoms. The summed E-state index contributed by atoms with van der Waals surface area (Å²) < 4.78 is 11.1. The molecule has 0 aliphatic carbocycles. The fourth-order valence-corrected chi connectivity index (χ4v) is 3.64. The highest BCUT2D eigenvalue weighted by atomic mass is 35.5. The highest BCUT2D eigenvalue weighted by Crippen LogP contribution is 2.31. The lowest BCUT2D eigenvalue weighted by Gasteiger charge is -2.28. The first-order valence-corrected chi connectivity index (χ1v) is 11.4. The molecule has 1 aromatic heterocycles. The number of aliphatic hydroxyl groups excluding tert-OH is 1. The van der Waals surface area contributed by atoms with Gasteiger partial charge in [-0.05, 0) is 61.7 Å². The molecule has 0 fully saturated rings. The first-order valence-electron chi connectivity index (χ1n) is 11.0. The van der Waals surface area contributed by atoms with Gasteiger partial charge in [-0.1, -0.05) is 25.4 Å². The van der Waals surface area contributed by atoms with E-state index in [-0.39, 0.29) is 46.4 Å². The Morgan fingerprint density at radius 1 is 1.23 bits per heavy atom. The lowest BCUT2D eigenvalue weighted by Crippen LogP contribution is -2.45. The van der Waals surface area contributed by atoms with Crippen LogP contribution >= 0.6 is 11.6 Å². The number of hydrogen-bond acceptors (Lipinski definition) is 7. The molecule has 0 saturated heterocycles. The Morgan fingerprint density at radius 3 is 2.57 bits per heavy atom. The van der Waals surface area contributed by atoms with Gasteiger partial charge in [0, 0.05) is 11.1 Å². The SMILES string of the molecule is CC1=C(C#N)C(=O)N(CC(C)O)C(=O)/C1=C/c1ccc(-c2ccc(Cl)c(C(=O)OCC(C)C)c2)o1. The third kappa shape index (κ3) is 5.70. The van der Waals surface area contributed by atoms with E-state index in [0.717, 1.165) is 4.90 Å². The van der Waals surface area contributed by atoms with Crippen molar-refractivity contribution in [1.82, 2.24) is 4.90 Å². The number of carbonyl (C=O) groups excluding carboxylic acids is 3. The zero-order valence-electron chi connectivity index (χ0n) is 19.8. The van der Waals surface area contributed by atoms with Gasteiger partial charge in [-0.3, -0.25) is 14.5 Å². The highest BCUT2D eigenvalue weighted by molar-refractivity contribution is 6.33. The molecule has 0 radical (unpaired) electrons. The quantitative estimate of drug-likeness (QED) is 0.343. The van der Waals surface area contributed by atoms with Gasteiger partial charge in [-0.2, -0.15) is 5.26 Å². The van der Waals surface area contributed by atoms with E-state index in [0.29, 0.717) is 17.1 Å². The molecule has 1 aromatic carbocycles. The zero-order chi connectivity index (χ0) is 25.9. The van der Waals surface area contributed by atoms with E-state index in [2.05, 4.69) is 0 Å². The van der Waals surface area contributed by atoms with Gasteiger partial charge in [-0.25, -0.2) is 4.79 Å². The number of amides is 2. The molecule has 1 N–H and O–H groups in total. The summed E-state index contributed by atoms with van der Waals surface area (Å²) in [5.41, 5.74) is 0.931. The summed E-state index contributed by atoms with van der Waals surface area (Å²) in [7, 11) is 0. The Labute approximate surface area is 208 Å². The standard InChI is InChI=1S/C26H25ClN2O6/c1-14(2)13-34-26(33)20-9-17(5-7-22(20)27)23-8-6-18(35-23)10-19-16(4)21(11-28)25(32)29(24(19)31)12-15(3)30/h5-10,14-15,30H,12-13H2,1-4H3/b19-10+. The van der Waals surface area contributed by atoms with Gasteiger partial charge >= 0.3 is 5.97 Å². The van der Waals surface area contributed by atoms with Crippen LogP contribution in [0.3, 0.4) is 0 Å². The average Bonchev–Trinajstić information content (AvgIpc) is 3.27. The van der Waals surface area contributed by atoms with Crippen molar-refractivity contribution >= 4 is 35.5 Å². The molecule has 2 amide bonds. The van der Waals surface area contributed by atoms with Crippen molar-refractivity contribution in [3.05, 3.63) is 63.4 Å². The number of imide groups is 1. The number of rotatable bonds is 7. The summed E-state index contributed by atoms with van der Waals surface area (Å²) in [5, 5.41) is 19.4. The number of halogens is 1. The van der Waals surface area contributed by atoms with Gasteiger partial charge in [0.15, 0.2) is 0 Å². The minimum atomic E-state index is -0.955. The highest BCUT2D eigenvalue weighted by Gasteiger charge is 2.36. The molecule has 2 heterocycles. The van der Waals surface area contributed by atoms with Crippen LogP contribution in [0.5, 0.6) is 0 Å². The molecule has 9 heteroatoms. The van der Waals surface area contributed by atoms with Crippen molar-refractivity contribution in [3.63, 3.8) is 0 Å². The molecule has 1 aliphatic rings.